The van der Waals surface area contributed by atoms with Crippen molar-refractivity contribution in [2.75, 3.05) is 18.2 Å². The highest BCUT2D eigenvalue weighted by molar-refractivity contribution is 7.99. The van der Waals surface area contributed by atoms with Crippen LogP contribution in [-0.4, -0.2) is 39.3 Å². The number of fused-ring (bicyclic) bond motifs is 1. The monoisotopic (exact) mass is 394 g/mol. The highest BCUT2D eigenvalue weighted by Gasteiger charge is 2.20. The van der Waals surface area contributed by atoms with Crippen molar-refractivity contribution in [3.8, 4) is 17.1 Å². The number of Topliss-reactive ketones (excluding diaryl/α,β-unsaturated/α-hetero) is 1. The van der Waals surface area contributed by atoms with Crippen molar-refractivity contribution in [1.29, 1.82) is 0 Å². The maximum absolute atomic E-state index is 12.6. The fourth-order valence-corrected chi connectivity index (χ4v) is 3.85. The summed E-state index contributed by atoms with van der Waals surface area (Å²) in [4.78, 5) is 24.0. The van der Waals surface area contributed by atoms with Crippen LogP contribution in [-0.2, 0) is 18.3 Å². The number of hydrogen-bond donors (Lipinski definition) is 1. The molecule has 0 saturated heterocycles. The van der Waals surface area contributed by atoms with Gasteiger partial charge in [-0.1, -0.05) is 11.8 Å². The number of amides is 1. The summed E-state index contributed by atoms with van der Waals surface area (Å²) in [5.74, 6) is 1.69. The number of carbonyl (C=O) groups is 2. The van der Waals surface area contributed by atoms with Crippen molar-refractivity contribution < 1.29 is 14.3 Å². The molecule has 2 aromatic carbocycles. The number of rotatable bonds is 6. The maximum atomic E-state index is 12.6. The Balaban J connectivity index is 1.45. The van der Waals surface area contributed by atoms with Crippen LogP contribution in [0.5, 0.6) is 5.75 Å². The van der Waals surface area contributed by atoms with E-state index in [4.69, 9.17) is 4.74 Å². The number of nitrogens with one attached hydrogen (secondary N) is 1. The molecule has 1 aromatic heterocycles. The molecular weight excluding hydrogens is 376 g/mol. The number of anilines is 1. The Hall–Kier alpha value is -3.13. The average molecular weight is 394 g/mol. The molecule has 4 rings (SSSR count). The highest BCUT2D eigenvalue weighted by atomic mass is 32.2. The summed E-state index contributed by atoms with van der Waals surface area (Å²) in [6.07, 6.45) is 0.318. The van der Waals surface area contributed by atoms with E-state index in [1.165, 1.54) is 11.8 Å². The van der Waals surface area contributed by atoms with Crippen molar-refractivity contribution in [2.24, 2.45) is 7.05 Å². The number of carbonyl (C=O) groups excluding carboxylic acids is 2. The molecule has 0 unspecified atom stereocenters. The van der Waals surface area contributed by atoms with Gasteiger partial charge in [0.25, 0.3) is 0 Å². The predicted octanol–water partition coefficient (Wildman–Crippen LogP) is 2.96. The first-order valence-corrected chi connectivity index (χ1v) is 9.66. The molecule has 0 spiro atoms. The summed E-state index contributed by atoms with van der Waals surface area (Å²) in [6, 6.07) is 12.9. The zero-order valence-corrected chi connectivity index (χ0v) is 16.2. The quantitative estimate of drug-likeness (QED) is 0.511. The van der Waals surface area contributed by atoms with Crippen LogP contribution < -0.4 is 10.1 Å². The lowest BCUT2D eigenvalue weighted by Gasteiger charge is -2.06. The van der Waals surface area contributed by atoms with E-state index in [9.17, 15) is 9.59 Å². The molecule has 142 valence electrons. The Morgan fingerprint density at radius 2 is 2.00 bits per heavy atom. The van der Waals surface area contributed by atoms with Gasteiger partial charge < -0.3 is 14.6 Å². The summed E-state index contributed by atoms with van der Waals surface area (Å²) in [7, 11) is 3.50. The van der Waals surface area contributed by atoms with Crippen LogP contribution in [0.15, 0.2) is 47.6 Å². The first-order valence-electron chi connectivity index (χ1n) is 8.68. The molecule has 0 atom stereocenters. The normalized spacial score (nSPS) is 12.6. The van der Waals surface area contributed by atoms with Crippen LogP contribution in [0, 0.1) is 0 Å². The Bertz CT molecular complexity index is 1060. The van der Waals surface area contributed by atoms with Crippen molar-refractivity contribution in [1.82, 2.24) is 14.8 Å². The van der Waals surface area contributed by atoms with E-state index in [0.717, 1.165) is 28.4 Å². The van der Waals surface area contributed by atoms with Crippen molar-refractivity contribution in [3.05, 3.63) is 53.6 Å². The molecule has 1 aliphatic rings. The van der Waals surface area contributed by atoms with Gasteiger partial charge in [0.15, 0.2) is 16.8 Å². The molecule has 1 N–H and O–H groups in total. The third-order valence-corrected chi connectivity index (χ3v) is 5.59. The smallest absolute Gasteiger partial charge is 0.228 e. The lowest BCUT2D eigenvalue weighted by atomic mass is 10.1. The fourth-order valence-electron chi connectivity index (χ4n) is 3.05. The van der Waals surface area contributed by atoms with Crippen LogP contribution in [0.25, 0.3) is 11.4 Å². The number of hydrogen-bond acceptors (Lipinski definition) is 6. The first kappa shape index (κ1) is 18.2. The number of ketones is 1. The zero-order valence-electron chi connectivity index (χ0n) is 15.4. The number of methoxy groups -OCH3 is 1. The Morgan fingerprint density at radius 1 is 1.21 bits per heavy atom. The van der Waals surface area contributed by atoms with Crippen LogP contribution in [0.1, 0.15) is 15.9 Å². The minimum absolute atomic E-state index is 0.0128. The van der Waals surface area contributed by atoms with Gasteiger partial charge in [-0.3, -0.25) is 9.59 Å². The van der Waals surface area contributed by atoms with E-state index in [2.05, 4.69) is 15.5 Å². The molecule has 0 saturated carbocycles. The van der Waals surface area contributed by atoms with Crippen molar-refractivity contribution in [2.45, 2.75) is 11.6 Å². The fraction of sp³-hybridized carbons (Fsp3) is 0.200. The summed E-state index contributed by atoms with van der Waals surface area (Å²) >= 11 is 1.34. The van der Waals surface area contributed by atoms with E-state index in [1.54, 1.807) is 25.3 Å². The number of thioether (sulfide) groups is 1. The molecule has 1 aliphatic heterocycles. The van der Waals surface area contributed by atoms with E-state index >= 15 is 0 Å². The third-order valence-electron chi connectivity index (χ3n) is 4.57. The predicted molar refractivity (Wildman–Crippen MR) is 107 cm³/mol. The molecule has 0 bridgehead atoms. The molecule has 3 aromatic rings. The van der Waals surface area contributed by atoms with Gasteiger partial charge in [-0.15, -0.1) is 10.2 Å². The lowest BCUT2D eigenvalue weighted by Crippen LogP contribution is -2.04. The summed E-state index contributed by atoms with van der Waals surface area (Å²) < 4.78 is 7.04. The van der Waals surface area contributed by atoms with Gasteiger partial charge in [0.05, 0.1) is 19.3 Å². The Kier molecular flexibility index (Phi) is 4.87. The average Bonchev–Trinajstić information content (AvgIpc) is 3.27. The van der Waals surface area contributed by atoms with Gasteiger partial charge in [-0.2, -0.15) is 0 Å². The molecule has 7 nitrogen and oxygen atoms in total. The SMILES string of the molecule is COc1ccc(-c2nnc(SCC(=O)c3ccc4c(c3)CC(=O)N4)n2C)cc1. The van der Waals surface area contributed by atoms with Gasteiger partial charge in [0.1, 0.15) is 5.75 Å². The number of nitrogens with zero attached hydrogens (tertiary/aromatic N) is 3. The number of aromatic nitrogens is 3. The second-order valence-corrected chi connectivity index (χ2v) is 7.34. The van der Waals surface area contributed by atoms with Crippen molar-refractivity contribution in [3.63, 3.8) is 0 Å². The zero-order chi connectivity index (χ0) is 19.7. The Morgan fingerprint density at radius 3 is 2.75 bits per heavy atom. The third kappa shape index (κ3) is 3.50. The molecule has 0 aliphatic carbocycles. The van der Waals surface area contributed by atoms with Gasteiger partial charge in [-0.05, 0) is 48.0 Å². The standard InChI is InChI=1S/C20H18N4O3S/c1-24-19(12-3-6-15(27-2)7-4-12)22-23-20(24)28-11-17(25)13-5-8-16-14(9-13)10-18(26)21-16/h3-9H,10-11H2,1-2H3,(H,21,26). The first-order chi connectivity index (χ1) is 13.5. The van der Waals surface area contributed by atoms with Gasteiger partial charge in [-0.25, -0.2) is 0 Å². The molecule has 0 fully saturated rings. The number of benzene rings is 2. The second-order valence-electron chi connectivity index (χ2n) is 6.40. The van der Waals surface area contributed by atoms with Crippen LogP contribution in [0.2, 0.25) is 0 Å². The topological polar surface area (TPSA) is 86.1 Å². The number of ether oxygens (including phenoxy) is 1. The molecule has 1 amide bonds. The van der Waals surface area contributed by atoms with Crippen LogP contribution in [0.3, 0.4) is 0 Å². The highest BCUT2D eigenvalue weighted by Crippen LogP contribution is 2.27. The van der Waals surface area contributed by atoms with Crippen LogP contribution in [0.4, 0.5) is 5.69 Å². The molecule has 0 radical (unpaired) electrons. The Labute approximate surface area is 166 Å². The minimum Gasteiger partial charge on any atom is -0.497 e. The second kappa shape index (κ2) is 7.47. The minimum atomic E-state index is -0.0425. The van der Waals surface area contributed by atoms with E-state index in [-0.39, 0.29) is 17.4 Å². The summed E-state index contributed by atoms with van der Waals surface area (Å²) in [6.45, 7) is 0. The van der Waals surface area contributed by atoms with E-state index in [1.807, 2.05) is 35.9 Å². The van der Waals surface area contributed by atoms with Crippen molar-refractivity contribution >= 4 is 29.1 Å². The van der Waals surface area contributed by atoms with Gasteiger partial charge in [0.2, 0.25) is 5.91 Å². The maximum Gasteiger partial charge on any atom is 0.228 e. The molecular formula is C20H18N4O3S. The largest absolute Gasteiger partial charge is 0.497 e. The van der Waals surface area contributed by atoms with E-state index in [0.29, 0.717) is 17.1 Å². The lowest BCUT2D eigenvalue weighted by molar-refractivity contribution is -0.115. The molecule has 2 heterocycles. The van der Waals surface area contributed by atoms with Gasteiger partial charge in [0, 0.05) is 23.9 Å². The summed E-state index contributed by atoms with van der Waals surface area (Å²) in [5, 5.41) is 11.9. The van der Waals surface area contributed by atoms with E-state index < -0.39 is 0 Å². The van der Waals surface area contributed by atoms with Gasteiger partial charge >= 0.3 is 0 Å². The summed E-state index contributed by atoms with van der Waals surface area (Å²) in [5.41, 5.74) is 3.16. The molecule has 28 heavy (non-hydrogen) atoms. The molecule has 8 heteroatoms. The van der Waals surface area contributed by atoms with Crippen LogP contribution >= 0.6 is 11.8 Å².